The summed E-state index contributed by atoms with van der Waals surface area (Å²) in [6, 6.07) is 10.6. The van der Waals surface area contributed by atoms with Gasteiger partial charge in [0.25, 0.3) is 0 Å². The predicted octanol–water partition coefficient (Wildman–Crippen LogP) is 2.60. The summed E-state index contributed by atoms with van der Waals surface area (Å²) in [5.41, 5.74) is 18.8. The molecule has 1 heterocycles. The molecule has 2 aliphatic carbocycles. The molecule has 2 aliphatic rings. The molecular weight excluding hydrogens is 298 g/mol. The molecule has 5 nitrogen and oxygen atoms in total. The number of nitrogens with one attached hydrogen (secondary N) is 1. The van der Waals surface area contributed by atoms with Gasteiger partial charge < -0.3 is 16.5 Å². The molecule has 24 heavy (non-hydrogen) atoms. The molecule has 0 fully saturated rings. The van der Waals surface area contributed by atoms with Gasteiger partial charge in [-0.05, 0) is 55.6 Å². The number of nitrogens with zero attached hydrogens (tertiary/aromatic N) is 2. The monoisotopic (exact) mass is 321 g/mol. The lowest BCUT2D eigenvalue weighted by molar-refractivity contribution is 0.674. The molecule has 1 unspecified atom stereocenters. The summed E-state index contributed by atoms with van der Waals surface area (Å²) in [6.45, 7) is 0. The molecule has 2 aromatic rings. The van der Waals surface area contributed by atoms with Crippen LogP contribution in [-0.4, -0.2) is 16.7 Å². The highest BCUT2D eigenvalue weighted by molar-refractivity contribution is 6.05. The number of guanidine groups is 1. The van der Waals surface area contributed by atoms with Gasteiger partial charge in [0.1, 0.15) is 0 Å². The van der Waals surface area contributed by atoms with Crippen molar-refractivity contribution in [3.8, 4) is 0 Å². The maximum absolute atomic E-state index is 5.50. The van der Waals surface area contributed by atoms with Gasteiger partial charge in [-0.15, -0.1) is 5.10 Å². The third kappa shape index (κ3) is 2.70. The number of rotatable bonds is 2. The zero-order valence-electron chi connectivity index (χ0n) is 13.8. The van der Waals surface area contributed by atoms with Gasteiger partial charge in [-0.3, -0.25) is 0 Å². The third-order valence-corrected chi connectivity index (χ3v) is 5.11. The van der Waals surface area contributed by atoms with E-state index >= 15 is 0 Å². The number of hydrogen-bond donors (Lipinski definition) is 3. The number of aromatic nitrogens is 1. The second-order valence-electron chi connectivity index (χ2n) is 6.73. The Hall–Kier alpha value is -2.56. The lowest BCUT2D eigenvalue weighted by Gasteiger charge is -2.24. The smallest absolute Gasteiger partial charge is 0.211 e. The third-order valence-electron chi connectivity index (χ3n) is 5.11. The average molecular weight is 321 g/mol. The summed E-state index contributed by atoms with van der Waals surface area (Å²) in [5, 5.41) is 8.36. The second-order valence-corrected chi connectivity index (χ2v) is 6.73. The minimum atomic E-state index is 0.00953. The molecule has 5 heteroatoms. The van der Waals surface area contributed by atoms with E-state index in [1.165, 1.54) is 40.9 Å². The van der Waals surface area contributed by atoms with E-state index in [1.807, 2.05) is 0 Å². The van der Waals surface area contributed by atoms with E-state index in [1.54, 1.807) is 0 Å². The number of benzene rings is 1. The standard InChI is InChI=1S/C19H23N5/c20-19(21)24-23-17-11-13(12-6-2-1-3-7-12)10-16-18(17)14-8-4-5-9-15(14)22-16/h1-3,6-7,13,22H,4-5,8-11H2,(H4,20,21,24)/b23-17-. The first-order valence-electron chi connectivity index (χ1n) is 8.65. The van der Waals surface area contributed by atoms with Gasteiger partial charge in [-0.1, -0.05) is 30.3 Å². The molecule has 124 valence electrons. The largest absolute Gasteiger partial charge is 0.369 e. The number of fused-ring (bicyclic) bond motifs is 3. The number of aryl methyl sites for hydroxylation is 1. The van der Waals surface area contributed by atoms with Crippen molar-refractivity contribution >= 4 is 11.7 Å². The van der Waals surface area contributed by atoms with Crippen LogP contribution in [0.3, 0.4) is 0 Å². The Morgan fingerprint density at radius 3 is 2.58 bits per heavy atom. The Labute approximate surface area is 141 Å². The van der Waals surface area contributed by atoms with Crippen LogP contribution >= 0.6 is 0 Å². The first-order valence-corrected chi connectivity index (χ1v) is 8.65. The van der Waals surface area contributed by atoms with Gasteiger partial charge >= 0.3 is 0 Å². The number of H-pyrrole nitrogens is 1. The lowest BCUT2D eigenvalue weighted by Crippen LogP contribution is -2.23. The lowest BCUT2D eigenvalue weighted by atomic mass is 9.80. The van der Waals surface area contributed by atoms with E-state index in [0.29, 0.717) is 5.92 Å². The van der Waals surface area contributed by atoms with Crippen molar-refractivity contribution in [1.82, 2.24) is 4.98 Å². The van der Waals surface area contributed by atoms with Crippen LogP contribution in [0, 0.1) is 0 Å². The molecule has 5 N–H and O–H groups in total. The topological polar surface area (TPSA) is 92.6 Å². The van der Waals surface area contributed by atoms with Crippen LogP contribution in [0.25, 0.3) is 0 Å². The molecule has 0 saturated heterocycles. The fraction of sp³-hybridized carbons (Fsp3) is 0.368. The Kier molecular flexibility index (Phi) is 3.84. The van der Waals surface area contributed by atoms with Gasteiger partial charge in [0.05, 0.1) is 5.71 Å². The molecule has 0 bridgehead atoms. The summed E-state index contributed by atoms with van der Waals surface area (Å²) in [5.74, 6) is 0.419. The van der Waals surface area contributed by atoms with E-state index in [0.717, 1.165) is 31.4 Å². The molecule has 0 amide bonds. The maximum atomic E-state index is 5.50. The summed E-state index contributed by atoms with van der Waals surface area (Å²) in [4.78, 5) is 3.68. The molecule has 0 spiro atoms. The summed E-state index contributed by atoms with van der Waals surface area (Å²) < 4.78 is 0. The van der Waals surface area contributed by atoms with Gasteiger partial charge in [-0.25, -0.2) is 0 Å². The van der Waals surface area contributed by atoms with Crippen molar-refractivity contribution in [2.45, 2.75) is 44.4 Å². The van der Waals surface area contributed by atoms with E-state index < -0.39 is 0 Å². The Morgan fingerprint density at radius 1 is 1.00 bits per heavy atom. The molecule has 4 rings (SSSR count). The summed E-state index contributed by atoms with van der Waals surface area (Å²) in [6.07, 6.45) is 6.65. The zero-order chi connectivity index (χ0) is 16.5. The maximum Gasteiger partial charge on any atom is 0.211 e. The highest BCUT2D eigenvalue weighted by atomic mass is 15.3. The van der Waals surface area contributed by atoms with Gasteiger partial charge in [0.15, 0.2) is 0 Å². The summed E-state index contributed by atoms with van der Waals surface area (Å²) >= 11 is 0. The molecule has 0 saturated carbocycles. The van der Waals surface area contributed by atoms with Crippen LogP contribution in [0.15, 0.2) is 40.5 Å². The highest BCUT2D eigenvalue weighted by Crippen LogP contribution is 2.37. The second kappa shape index (κ2) is 6.15. The van der Waals surface area contributed by atoms with Crippen LogP contribution < -0.4 is 11.5 Å². The minimum Gasteiger partial charge on any atom is -0.369 e. The van der Waals surface area contributed by atoms with E-state index in [-0.39, 0.29) is 5.96 Å². The molecule has 1 aromatic carbocycles. The fourth-order valence-corrected chi connectivity index (χ4v) is 4.07. The van der Waals surface area contributed by atoms with E-state index in [4.69, 9.17) is 11.5 Å². The molecular formula is C19H23N5. The van der Waals surface area contributed by atoms with Gasteiger partial charge in [-0.2, -0.15) is 5.10 Å². The molecule has 0 radical (unpaired) electrons. The Morgan fingerprint density at radius 2 is 1.79 bits per heavy atom. The average Bonchev–Trinajstić information content (AvgIpc) is 2.99. The van der Waals surface area contributed by atoms with Crippen molar-refractivity contribution in [3.63, 3.8) is 0 Å². The SMILES string of the molecule is NC(N)=N/N=C1/CC(c2ccccc2)Cc2[nH]c3c(c21)CCCC3. The van der Waals surface area contributed by atoms with Crippen molar-refractivity contribution in [1.29, 1.82) is 0 Å². The molecule has 1 atom stereocenters. The van der Waals surface area contributed by atoms with Crippen LogP contribution in [0.2, 0.25) is 0 Å². The van der Waals surface area contributed by atoms with Crippen LogP contribution in [-0.2, 0) is 19.3 Å². The molecule has 0 aliphatic heterocycles. The van der Waals surface area contributed by atoms with Crippen LogP contribution in [0.5, 0.6) is 0 Å². The predicted molar refractivity (Wildman–Crippen MR) is 97.3 cm³/mol. The van der Waals surface area contributed by atoms with Gasteiger partial charge in [0, 0.05) is 17.0 Å². The normalized spacial score (nSPS) is 21.2. The Bertz CT molecular complexity index is 797. The quantitative estimate of drug-likeness (QED) is 0.450. The van der Waals surface area contributed by atoms with Crippen LogP contribution in [0.1, 0.15) is 53.3 Å². The molecule has 1 aromatic heterocycles. The van der Waals surface area contributed by atoms with E-state index in [2.05, 4.69) is 45.5 Å². The minimum absolute atomic E-state index is 0.00953. The van der Waals surface area contributed by atoms with Crippen molar-refractivity contribution in [2.75, 3.05) is 0 Å². The number of nitrogens with two attached hydrogens (primary N) is 2. The van der Waals surface area contributed by atoms with Crippen molar-refractivity contribution in [2.24, 2.45) is 21.7 Å². The van der Waals surface area contributed by atoms with E-state index in [9.17, 15) is 0 Å². The zero-order valence-corrected chi connectivity index (χ0v) is 13.8. The first kappa shape index (κ1) is 15.0. The highest BCUT2D eigenvalue weighted by Gasteiger charge is 2.31. The number of hydrogen-bond acceptors (Lipinski definition) is 2. The van der Waals surface area contributed by atoms with Crippen molar-refractivity contribution < 1.29 is 0 Å². The van der Waals surface area contributed by atoms with Crippen LogP contribution in [0.4, 0.5) is 0 Å². The first-order chi connectivity index (χ1) is 11.7. The fourth-order valence-electron chi connectivity index (χ4n) is 4.07. The number of aromatic amines is 1. The van der Waals surface area contributed by atoms with Gasteiger partial charge in [0.2, 0.25) is 5.96 Å². The van der Waals surface area contributed by atoms with Crippen molar-refractivity contribution in [3.05, 3.63) is 58.4 Å². The summed E-state index contributed by atoms with van der Waals surface area (Å²) in [7, 11) is 0. The Balaban J connectivity index is 1.79.